The average molecular weight is 661 g/mol. The number of carbonyl (C=O) groups is 3. The van der Waals surface area contributed by atoms with Crippen molar-refractivity contribution in [2.75, 3.05) is 26.0 Å². The summed E-state index contributed by atoms with van der Waals surface area (Å²) in [6.45, 7) is 4.66. The van der Waals surface area contributed by atoms with Gasteiger partial charge in [0, 0.05) is 42.5 Å². The molecule has 12 heteroatoms. The molecule has 3 N–H and O–H groups in total. The first-order chi connectivity index (χ1) is 21.3. The Labute approximate surface area is 272 Å². The van der Waals surface area contributed by atoms with Gasteiger partial charge in [-0.2, -0.15) is 0 Å². The topological polar surface area (TPSA) is 113 Å². The molecule has 5 atom stereocenters. The summed E-state index contributed by atoms with van der Waals surface area (Å²) in [6.07, 6.45) is 5.52. The van der Waals surface area contributed by atoms with Crippen LogP contribution in [0.4, 0.5) is 10.1 Å². The fourth-order valence-electron chi connectivity index (χ4n) is 8.08. The van der Waals surface area contributed by atoms with Gasteiger partial charge in [-0.3, -0.25) is 19.7 Å². The number of pyridine rings is 1. The lowest BCUT2D eigenvalue weighted by Gasteiger charge is -2.50. The van der Waals surface area contributed by atoms with E-state index in [-0.39, 0.29) is 59.0 Å². The molecule has 242 valence electrons. The summed E-state index contributed by atoms with van der Waals surface area (Å²) in [6, 6.07) is 5.52. The monoisotopic (exact) mass is 659 g/mol. The zero-order valence-corrected chi connectivity index (χ0v) is 27.5. The normalized spacial score (nSPS) is 29.8. The van der Waals surface area contributed by atoms with Gasteiger partial charge in [-0.1, -0.05) is 43.1 Å². The minimum absolute atomic E-state index is 0.0128. The van der Waals surface area contributed by atoms with E-state index in [1.807, 2.05) is 6.07 Å². The third-order valence-corrected chi connectivity index (χ3v) is 11.1. The van der Waals surface area contributed by atoms with Gasteiger partial charge in [-0.25, -0.2) is 9.37 Å². The third-order valence-electron chi connectivity index (χ3n) is 10.6. The van der Waals surface area contributed by atoms with Gasteiger partial charge in [0.25, 0.3) is 0 Å². The number of fused-ring (bicyclic) bond motifs is 3. The lowest BCUT2D eigenvalue weighted by molar-refractivity contribution is -0.134. The van der Waals surface area contributed by atoms with Crippen molar-refractivity contribution in [1.29, 1.82) is 0 Å². The summed E-state index contributed by atoms with van der Waals surface area (Å²) >= 11 is 12.6. The van der Waals surface area contributed by atoms with Crippen LogP contribution in [0.2, 0.25) is 10.2 Å². The van der Waals surface area contributed by atoms with Crippen molar-refractivity contribution < 1.29 is 23.5 Å². The van der Waals surface area contributed by atoms with Crippen LogP contribution in [0.25, 0.3) is 0 Å². The fourth-order valence-corrected chi connectivity index (χ4v) is 8.41. The second-order valence-electron chi connectivity index (χ2n) is 14.0. The zero-order valence-electron chi connectivity index (χ0n) is 26.0. The highest BCUT2D eigenvalue weighted by Gasteiger charge is 2.73. The molecule has 1 aromatic heterocycles. The molecule has 2 spiro atoms. The molecule has 1 aliphatic carbocycles. The number of nitrogens with zero attached hydrogens (tertiary/aromatic N) is 2. The van der Waals surface area contributed by atoms with Gasteiger partial charge in [0.15, 0.2) is 11.0 Å². The van der Waals surface area contributed by atoms with Gasteiger partial charge < -0.3 is 20.3 Å². The molecule has 1 saturated carbocycles. The van der Waals surface area contributed by atoms with E-state index >= 15 is 4.39 Å². The van der Waals surface area contributed by atoms with Crippen LogP contribution in [-0.4, -0.2) is 72.0 Å². The molecule has 3 fully saturated rings. The molecule has 0 radical (unpaired) electrons. The smallest absolute Gasteiger partial charge is 0.238 e. The van der Waals surface area contributed by atoms with Gasteiger partial charge in [-0.05, 0) is 73.3 Å². The number of nitrogens with one attached hydrogen (secondary N) is 3. The Bertz CT molecular complexity index is 1520. The standard InChI is InChI=1S/C33H40Cl2FN5O4/c1-31(2)10-12-32(13-11-31)33(22-8-5-18(34)15-23(22)39-30(33)44)25(21-9-14-37-28(35)26(21)36)27(40-32)29(43)38-19-6-7-20(45-17-19)16-24(42)41(3)4/h5,8-9,14-15,19-20,25,27,40H,6-7,10-13,16-17H2,1-4H3,(H,38,43)(H,39,44)/t19-,20+,25+,27-,33-/m1/s1. The minimum atomic E-state index is -1.34. The highest BCUT2D eigenvalue weighted by Crippen LogP contribution is 2.64. The SMILES string of the molecule is CN(C)C(=O)C[C@@H]1CC[C@@H](NC(=O)[C@@H]2NC3(CCC(C)(C)CC3)[C@@]3(C(=O)Nc4cc(Cl)ccc43)[C@H]2c2ccnc(Cl)c2F)CO1. The Morgan fingerprint density at radius 3 is 2.53 bits per heavy atom. The summed E-state index contributed by atoms with van der Waals surface area (Å²) in [5, 5.41) is 10.00. The number of hydrogen-bond donors (Lipinski definition) is 3. The van der Waals surface area contributed by atoms with Crippen LogP contribution in [-0.2, 0) is 24.5 Å². The third kappa shape index (κ3) is 5.41. The van der Waals surface area contributed by atoms with Crippen LogP contribution >= 0.6 is 23.2 Å². The molecule has 0 bridgehead atoms. The van der Waals surface area contributed by atoms with Crippen molar-refractivity contribution in [1.82, 2.24) is 20.5 Å². The molecule has 9 nitrogen and oxygen atoms in total. The predicted octanol–water partition coefficient (Wildman–Crippen LogP) is 4.95. The van der Waals surface area contributed by atoms with Crippen LogP contribution in [0.15, 0.2) is 30.5 Å². The maximum Gasteiger partial charge on any atom is 0.238 e. The second kappa shape index (κ2) is 11.8. The van der Waals surface area contributed by atoms with Gasteiger partial charge in [0.1, 0.15) is 5.41 Å². The maximum absolute atomic E-state index is 16.1. The summed E-state index contributed by atoms with van der Waals surface area (Å²) in [7, 11) is 3.42. The molecule has 4 heterocycles. The van der Waals surface area contributed by atoms with Crippen molar-refractivity contribution in [2.45, 2.75) is 93.9 Å². The van der Waals surface area contributed by atoms with E-state index in [2.05, 4.69) is 34.8 Å². The molecular weight excluding hydrogens is 620 g/mol. The molecule has 0 unspecified atom stereocenters. The Morgan fingerprint density at radius 1 is 1.13 bits per heavy atom. The molecule has 45 heavy (non-hydrogen) atoms. The molecule has 2 aromatic rings. The second-order valence-corrected chi connectivity index (χ2v) is 14.8. The van der Waals surface area contributed by atoms with Gasteiger partial charge >= 0.3 is 0 Å². The highest BCUT2D eigenvalue weighted by molar-refractivity contribution is 6.31. The van der Waals surface area contributed by atoms with Crippen molar-refractivity contribution in [2.24, 2.45) is 5.41 Å². The fraction of sp³-hybridized carbons (Fsp3) is 0.576. The van der Waals surface area contributed by atoms with Gasteiger partial charge in [0.2, 0.25) is 17.7 Å². The number of rotatable bonds is 5. The molecule has 6 rings (SSSR count). The number of anilines is 1. The van der Waals surface area contributed by atoms with Crippen LogP contribution in [0.5, 0.6) is 0 Å². The zero-order chi connectivity index (χ0) is 32.3. The predicted molar refractivity (Wildman–Crippen MR) is 170 cm³/mol. The van der Waals surface area contributed by atoms with Crippen LogP contribution in [0.3, 0.4) is 0 Å². The summed E-state index contributed by atoms with van der Waals surface area (Å²) in [5.41, 5.74) is -0.754. The van der Waals surface area contributed by atoms with Crippen LogP contribution in [0, 0.1) is 11.2 Å². The van der Waals surface area contributed by atoms with Crippen molar-refractivity contribution >= 4 is 46.6 Å². The molecule has 3 amide bonds. The largest absolute Gasteiger partial charge is 0.376 e. The van der Waals surface area contributed by atoms with Crippen molar-refractivity contribution in [3.8, 4) is 0 Å². The summed E-state index contributed by atoms with van der Waals surface area (Å²) < 4.78 is 22.1. The van der Waals surface area contributed by atoms with E-state index in [0.717, 1.165) is 12.8 Å². The van der Waals surface area contributed by atoms with E-state index in [0.29, 0.717) is 42.0 Å². The van der Waals surface area contributed by atoms with Gasteiger partial charge in [-0.15, -0.1) is 0 Å². The quantitative estimate of drug-likeness (QED) is 0.392. The van der Waals surface area contributed by atoms with E-state index in [4.69, 9.17) is 27.9 Å². The Kier molecular flexibility index (Phi) is 8.42. The van der Waals surface area contributed by atoms with E-state index in [1.54, 1.807) is 26.2 Å². The van der Waals surface area contributed by atoms with Crippen molar-refractivity contribution in [3.63, 3.8) is 0 Å². The Morgan fingerprint density at radius 2 is 1.87 bits per heavy atom. The first-order valence-electron chi connectivity index (χ1n) is 15.6. The number of benzene rings is 1. The van der Waals surface area contributed by atoms with E-state index in [1.165, 1.54) is 17.2 Å². The average Bonchev–Trinajstić information content (AvgIpc) is 3.45. The Hall–Kier alpha value is -2.79. The lowest BCUT2D eigenvalue weighted by atomic mass is 9.53. The van der Waals surface area contributed by atoms with Gasteiger partial charge in [0.05, 0.1) is 31.2 Å². The number of hydrogen-bond acceptors (Lipinski definition) is 6. The lowest BCUT2D eigenvalue weighted by Crippen LogP contribution is -2.61. The summed E-state index contributed by atoms with van der Waals surface area (Å²) in [5.74, 6) is -2.35. The minimum Gasteiger partial charge on any atom is -0.376 e. The molecule has 3 aliphatic heterocycles. The number of ether oxygens (including phenoxy) is 1. The summed E-state index contributed by atoms with van der Waals surface area (Å²) in [4.78, 5) is 46.6. The highest BCUT2D eigenvalue weighted by atomic mass is 35.5. The first-order valence-corrected chi connectivity index (χ1v) is 16.3. The maximum atomic E-state index is 16.1. The molecule has 2 saturated heterocycles. The van der Waals surface area contributed by atoms with E-state index in [9.17, 15) is 14.4 Å². The number of amides is 3. The van der Waals surface area contributed by atoms with Crippen LogP contribution in [0.1, 0.15) is 75.8 Å². The first kappa shape index (κ1) is 32.2. The van der Waals surface area contributed by atoms with Crippen molar-refractivity contribution in [3.05, 3.63) is 57.6 Å². The number of aromatic nitrogens is 1. The molecular formula is C33H40Cl2FN5O4. The molecule has 1 aromatic carbocycles. The number of halogens is 3. The number of carbonyl (C=O) groups excluding carboxylic acids is 3. The molecule has 4 aliphatic rings. The Balaban J connectivity index is 1.40. The van der Waals surface area contributed by atoms with E-state index < -0.39 is 28.7 Å². The van der Waals surface area contributed by atoms with Crippen LogP contribution < -0.4 is 16.0 Å².